The van der Waals surface area contributed by atoms with Crippen LogP contribution in [0.2, 0.25) is 0 Å². The Morgan fingerprint density at radius 1 is 1.24 bits per heavy atom. The molecule has 0 aliphatic carbocycles. The van der Waals surface area contributed by atoms with Crippen molar-refractivity contribution in [3.05, 3.63) is 65.2 Å². The number of hydrogen-bond acceptors (Lipinski definition) is 5. The molecule has 2 amide bonds. The van der Waals surface area contributed by atoms with E-state index >= 15 is 0 Å². The van der Waals surface area contributed by atoms with Gasteiger partial charge in [-0.2, -0.15) is 0 Å². The van der Waals surface area contributed by atoms with Crippen molar-refractivity contribution in [3.8, 4) is 5.75 Å². The summed E-state index contributed by atoms with van der Waals surface area (Å²) < 4.78 is 11.3. The maximum atomic E-state index is 13.5. The van der Waals surface area contributed by atoms with Crippen molar-refractivity contribution < 1.29 is 24.3 Å². The highest BCUT2D eigenvalue weighted by Crippen LogP contribution is 2.35. The van der Waals surface area contributed by atoms with Crippen molar-refractivity contribution in [2.45, 2.75) is 26.4 Å². The van der Waals surface area contributed by atoms with E-state index in [-0.39, 0.29) is 24.1 Å². The SMILES string of the molecule is COCC(C)(C)C(=O)N1Cc2ccc(C(=O)NO)cc2OCC1c1ccccc1. The van der Waals surface area contributed by atoms with Gasteiger partial charge in [0.25, 0.3) is 5.91 Å². The van der Waals surface area contributed by atoms with Crippen LogP contribution in [-0.2, 0) is 16.1 Å². The molecule has 0 aromatic heterocycles. The highest BCUT2D eigenvalue weighted by Gasteiger charge is 2.38. The normalized spacial score (nSPS) is 16.4. The first-order valence-electron chi connectivity index (χ1n) is 9.42. The second-order valence-corrected chi connectivity index (χ2v) is 7.75. The van der Waals surface area contributed by atoms with E-state index in [0.29, 0.717) is 18.9 Å². The third-order valence-corrected chi connectivity index (χ3v) is 5.07. The van der Waals surface area contributed by atoms with Gasteiger partial charge in [0.2, 0.25) is 5.91 Å². The van der Waals surface area contributed by atoms with E-state index in [9.17, 15) is 9.59 Å². The van der Waals surface area contributed by atoms with Crippen LogP contribution >= 0.6 is 0 Å². The molecule has 1 aliphatic rings. The largest absolute Gasteiger partial charge is 0.491 e. The van der Waals surface area contributed by atoms with Crippen LogP contribution in [0, 0.1) is 5.41 Å². The minimum atomic E-state index is -0.705. The van der Waals surface area contributed by atoms with Gasteiger partial charge in [0.15, 0.2) is 0 Å². The Morgan fingerprint density at radius 3 is 2.62 bits per heavy atom. The topological polar surface area (TPSA) is 88.1 Å². The molecule has 1 heterocycles. The number of hydrogen-bond donors (Lipinski definition) is 2. The molecule has 0 radical (unpaired) electrons. The Labute approximate surface area is 170 Å². The quantitative estimate of drug-likeness (QED) is 0.597. The number of methoxy groups -OCH3 is 1. The molecule has 1 aliphatic heterocycles. The van der Waals surface area contributed by atoms with Gasteiger partial charge in [-0.05, 0) is 31.5 Å². The van der Waals surface area contributed by atoms with E-state index < -0.39 is 11.3 Å². The summed E-state index contributed by atoms with van der Waals surface area (Å²) in [6.45, 7) is 4.61. The molecule has 3 rings (SSSR count). The van der Waals surface area contributed by atoms with Crippen LogP contribution in [0.25, 0.3) is 0 Å². The van der Waals surface area contributed by atoms with Crippen LogP contribution in [0.3, 0.4) is 0 Å². The molecule has 2 aromatic carbocycles. The molecular weight excluding hydrogens is 372 g/mol. The molecule has 154 valence electrons. The van der Waals surface area contributed by atoms with Gasteiger partial charge in [0.1, 0.15) is 12.4 Å². The molecular formula is C22H26N2O5. The lowest BCUT2D eigenvalue weighted by atomic mass is 9.91. The summed E-state index contributed by atoms with van der Waals surface area (Å²) in [6, 6.07) is 14.4. The van der Waals surface area contributed by atoms with Crippen LogP contribution in [0.4, 0.5) is 0 Å². The van der Waals surface area contributed by atoms with E-state index in [2.05, 4.69) is 0 Å². The molecule has 7 nitrogen and oxygen atoms in total. The third kappa shape index (κ3) is 4.41. The Morgan fingerprint density at radius 2 is 1.97 bits per heavy atom. The fourth-order valence-corrected chi connectivity index (χ4v) is 3.55. The van der Waals surface area contributed by atoms with Crippen molar-refractivity contribution in [3.63, 3.8) is 0 Å². The predicted molar refractivity (Wildman–Crippen MR) is 107 cm³/mol. The Balaban J connectivity index is 2.01. The van der Waals surface area contributed by atoms with Crippen molar-refractivity contribution >= 4 is 11.8 Å². The Hall–Kier alpha value is -2.90. The molecule has 0 saturated heterocycles. The molecule has 0 spiro atoms. The summed E-state index contributed by atoms with van der Waals surface area (Å²) in [5.41, 5.74) is 2.96. The second-order valence-electron chi connectivity index (χ2n) is 7.75. The highest BCUT2D eigenvalue weighted by molar-refractivity contribution is 5.94. The van der Waals surface area contributed by atoms with Crippen molar-refractivity contribution in [2.24, 2.45) is 5.41 Å². The molecule has 0 bridgehead atoms. The minimum Gasteiger partial charge on any atom is -0.491 e. The standard InChI is InChI=1S/C22H26N2O5/c1-22(2,14-28-3)21(26)24-12-17-10-9-16(20(25)23-27)11-19(17)29-13-18(24)15-7-5-4-6-8-15/h4-11,18,27H,12-14H2,1-3H3,(H,23,25). The zero-order valence-electron chi connectivity index (χ0n) is 16.8. The number of fused-ring (bicyclic) bond motifs is 1. The van der Waals surface area contributed by atoms with E-state index in [1.807, 2.05) is 49.1 Å². The average molecular weight is 398 g/mol. The van der Waals surface area contributed by atoms with Gasteiger partial charge in [-0.15, -0.1) is 0 Å². The van der Waals surface area contributed by atoms with Gasteiger partial charge in [0, 0.05) is 18.2 Å². The van der Waals surface area contributed by atoms with Gasteiger partial charge in [-0.1, -0.05) is 36.4 Å². The molecule has 2 N–H and O–H groups in total. The Kier molecular flexibility index (Phi) is 6.20. The monoisotopic (exact) mass is 398 g/mol. The van der Waals surface area contributed by atoms with Crippen LogP contribution in [0.15, 0.2) is 48.5 Å². The lowest BCUT2D eigenvalue weighted by molar-refractivity contribution is -0.147. The number of carbonyl (C=O) groups is 2. The number of carbonyl (C=O) groups excluding carboxylic acids is 2. The van der Waals surface area contributed by atoms with Gasteiger partial charge >= 0.3 is 0 Å². The maximum absolute atomic E-state index is 13.5. The molecule has 2 aromatic rings. The molecule has 1 unspecified atom stereocenters. The summed E-state index contributed by atoms with van der Waals surface area (Å²) in [6.07, 6.45) is 0. The molecule has 29 heavy (non-hydrogen) atoms. The highest BCUT2D eigenvalue weighted by atomic mass is 16.5. The van der Waals surface area contributed by atoms with Gasteiger partial charge in [-0.3, -0.25) is 14.8 Å². The number of rotatable bonds is 5. The first-order valence-corrected chi connectivity index (χ1v) is 9.42. The van der Waals surface area contributed by atoms with Gasteiger partial charge in [0.05, 0.1) is 24.6 Å². The minimum absolute atomic E-state index is 0.0400. The van der Waals surface area contributed by atoms with Crippen LogP contribution in [0.5, 0.6) is 5.75 Å². The maximum Gasteiger partial charge on any atom is 0.274 e. The first kappa shape index (κ1) is 20.8. The molecule has 0 fully saturated rings. The van der Waals surface area contributed by atoms with Crippen molar-refractivity contribution in [1.82, 2.24) is 10.4 Å². The van der Waals surface area contributed by atoms with Crippen LogP contribution < -0.4 is 10.2 Å². The van der Waals surface area contributed by atoms with E-state index in [4.69, 9.17) is 14.7 Å². The fourth-order valence-electron chi connectivity index (χ4n) is 3.55. The molecule has 1 atom stereocenters. The second kappa shape index (κ2) is 8.63. The number of ether oxygens (including phenoxy) is 2. The predicted octanol–water partition coefficient (Wildman–Crippen LogP) is 2.94. The van der Waals surface area contributed by atoms with Crippen molar-refractivity contribution in [2.75, 3.05) is 20.3 Å². The summed E-state index contributed by atoms with van der Waals surface area (Å²) in [5, 5.41) is 8.89. The number of nitrogens with zero attached hydrogens (tertiary/aromatic N) is 1. The first-order chi connectivity index (χ1) is 13.9. The lowest BCUT2D eigenvalue weighted by Gasteiger charge is -2.35. The average Bonchev–Trinajstić information content (AvgIpc) is 2.92. The fraction of sp³-hybridized carbons (Fsp3) is 0.364. The van der Waals surface area contributed by atoms with Crippen LogP contribution in [0.1, 0.15) is 41.4 Å². The number of nitrogens with one attached hydrogen (secondary N) is 1. The molecule has 7 heteroatoms. The van der Waals surface area contributed by atoms with Crippen LogP contribution in [-0.4, -0.2) is 42.2 Å². The van der Waals surface area contributed by atoms with Crippen molar-refractivity contribution in [1.29, 1.82) is 0 Å². The smallest absolute Gasteiger partial charge is 0.274 e. The molecule has 0 saturated carbocycles. The van der Waals surface area contributed by atoms with E-state index in [1.165, 1.54) is 0 Å². The Bertz CT molecular complexity index is 882. The van der Waals surface area contributed by atoms with E-state index in [0.717, 1.165) is 11.1 Å². The number of benzene rings is 2. The number of amides is 2. The number of hydroxylamine groups is 1. The van der Waals surface area contributed by atoms with E-state index in [1.54, 1.807) is 30.8 Å². The summed E-state index contributed by atoms with van der Waals surface area (Å²) in [4.78, 5) is 27.0. The lowest BCUT2D eigenvalue weighted by Crippen LogP contribution is -2.45. The summed E-state index contributed by atoms with van der Waals surface area (Å²) >= 11 is 0. The van der Waals surface area contributed by atoms with Gasteiger partial charge < -0.3 is 14.4 Å². The summed E-state index contributed by atoms with van der Waals surface area (Å²) in [7, 11) is 1.58. The van der Waals surface area contributed by atoms with Gasteiger partial charge in [-0.25, -0.2) is 5.48 Å². The zero-order valence-corrected chi connectivity index (χ0v) is 16.8. The zero-order chi connectivity index (χ0) is 21.0. The summed E-state index contributed by atoms with van der Waals surface area (Å²) in [5.74, 6) is -0.136. The third-order valence-electron chi connectivity index (χ3n) is 5.07.